The fraction of sp³-hybridized carbons (Fsp3) is 0.231. The predicted molar refractivity (Wildman–Crippen MR) is 71.4 cm³/mol. The zero-order valence-corrected chi connectivity index (χ0v) is 11.0. The largest absolute Gasteiger partial charge is 0.442 e. The van der Waals surface area contributed by atoms with Crippen LogP contribution in [0.1, 0.15) is 24.3 Å². The highest BCUT2D eigenvalue weighted by Gasteiger charge is 2.10. The lowest BCUT2D eigenvalue weighted by atomic mass is 10.1. The average Bonchev–Trinajstić information content (AvgIpc) is 2.75. The van der Waals surface area contributed by atoms with Crippen LogP contribution in [0.4, 0.5) is 4.79 Å². The summed E-state index contributed by atoms with van der Waals surface area (Å²) in [5.74, 6) is 0. The van der Waals surface area contributed by atoms with Crippen molar-refractivity contribution in [3.8, 4) is 10.4 Å². The molecule has 4 nitrogen and oxygen atoms in total. The van der Waals surface area contributed by atoms with Crippen LogP contribution in [0.5, 0.6) is 0 Å². The summed E-state index contributed by atoms with van der Waals surface area (Å²) >= 11 is 1.61. The van der Waals surface area contributed by atoms with Gasteiger partial charge in [0.2, 0.25) is 0 Å². The number of aromatic nitrogens is 1. The van der Waals surface area contributed by atoms with Crippen LogP contribution < -0.4 is 5.73 Å². The van der Waals surface area contributed by atoms with E-state index in [0.717, 1.165) is 21.7 Å². The molecule has 0 spiro atoms. The first-order valence-electron chi connectivity index (χ1n) is 5.54. The molecule has 0 aliphatic heterocycles. The highest BCUT2D eigenvalue weighted by Crippen LogP contribution is 2.28. The van der Waals surface area contributed by atoms with Crippen molar-refractivity contribution in [1.82, 2.24) is 4.98 Å². The standard InChI is InChI=1S/C13H14N2O2S/c1-8-12(18-7-15-8)11-5-3-10(4-6-11)9(2)17-13(14)16/h3-7,9H,1-2H3,(H2,14,16)/t9-/m0/s1. The van der Waals surface area contributed by atoms with Gasteiger partial charge >= 0.3 is 6.09 Å². The number of thiazole rings is 1. The zero-order chi connectivity index (χ0) is 13.1. The molecular formula is C13H14N2O2S. The molecule has 0 bridgehead atoms. The van der Waals surface area contributed by atoms with Crippen LogP contribution in [-0.2, 0) is 4.74 Å². The van der Waals surface area contributed by atoms with E-state index < -0.39 is 6.09 Å². The molecule has 0 fully saturated rings. The number of nitrogens with two attached hydrogens (primary N) is 1. The number of carbonyl (C=O) groups excluding carboxylic acids is 1. The van der Waals surface area contributed by atoms with Gasteiger partial charge in [0.05, 0.1) is 16.1 Å². The van der Waals surface area contributed by atoms with Gasteiger partial charge in [-0.1, -0.05) is 24.3 Å². The molecular weight excluding hydrogens is 248 g/mol. The predicted octanol–water partition coefficient (Wildman–Crippen LogP) is 3.27. The highest BCUT2D eigenvalue weighted by molar-refractivity contribution is 7.13. The lowest BCUT2D eigenvalue weighted by molar-refractivity contribution is 0.116. The molecule has 2 N–H and O–H groups in total. The van der Waals surface area contributed by atoms with Crippen molar-refractivity contribution in [2.75, 3.05) is 0 Å². The van der Waals surface area contributed by atoms with Crippen LogP contribution in [-0.4, -0.2) is 11.1 Å². The Morgan fingerprint density at radius 1 is 1.39 bits per heavy atom. The van der Waals surface area contributed by atoms with Crippen LogP contribution >= 0.6 is 11.3 Å². The fourth-order valence-corrected chi connectivity index (χ4v) is 2.54. The normalized spacial score (nSPS) is 12.1. The second-order valence-electron chi connectivity index (χ2n) is 3.97. The van der Waals surface area contributed by atoms with Crippen LogP contribution in [0.15, 0.2) is 29.8 Å². The molecule has 2 rings (SSSR count). The monoisotopic (exact) mass is 262 g/mol. The summed E-state index contributed by atoms with van der Waals surface area (Å²) in [5.41, 5.74) is 9.88. The Morgan fingerprint density at radius 2 is 2.06 bits per heavy atom. The second-order valence-corrected chi connectivity index (χ2v) is 4.82. The van der Waals surface area contributed by atoms with E-state index in [1.807, 2.05) is 36.7 Å². The number of rotatable bonds is 3. The number of hydrogen-bond donors (Lipinski definition) is 1. The van der Waals surface area contributed by atoms with E-state index in [1.165, 1.54) is 0 Å². The number of ether oxygens (including phenoxy) is 1. The number of amides is 1. The summed E-state index contributed by atoms with van der Waals surface area (Å²) in [7, 11) is 0. The van der Waals surface area contributed by atoms with E-state index in [0.29, 0.717) is 0 Å². The van der Waals surface area contributed by atoms with Gasteiger partial charge in [-0.2, -0.15) is 0 Å². The summed E-state index contributed by atoms with van der Waals surface area (Å²) in [4.78, 5) is 16.1. The van der Waals surface area contributed by atoms with Gasteiger partial charge in [0.1, 0.15) is 6.10 Å². The molecule has 1 aromatic carbocycles. The van der Waals surface area contributed by atoms with Gasteiger partial charge in [-0.3, -0.25) is 0 Å². The Bertz CT molecular complexity index is 548. The molecule has 18 heavy (non-hydrogen) atoms. The summed E-state index contributed by atoms with van der Waals surface area (Å²) in [6, 6.07) is 7.86. The Hall–Kier alpha value is -1.88. The molecule has 1 heterocycles. The van der Waals surface area contributed by atoms with Gasteiger partial charge in [-0.05, 0) is 25.0 Å². The van der Waals surface area contributed by atoms with E-state index in [2.05, 4.69) is 4.98 Å². The Balaban J connectivity index is 2.20. The number of benzene rings is 1. The van der Waals surface area contributed by atoms with E-state index in [9.17, 15) is 4.79 Å². The number of nitrogens with zero attached hydrogens (tertiary/aromatic N) is 1. The minimum absolute atomic E-state index is 0.334. The third kappa shape index (κ3) is 2.68. The lowest BCUT2D eigenvalue weighted by Crippen LogP contribution is -2.15. The maximum Gasteiger partial charge on any atom is 0.405 e. The maximum absolute atomic E-state index is 10.7. The fourth-order valence-electron chi connectivity index (χ4n) is 1.73. The van der Waals surface area contributed by atoms with Gasteiger partial charge in [0, 0.05) is 0 Å². The molecule has 1 atom stereocenters. The SMILES string of the molecule is Cc1ncsc1-c1ccc([C@H](C)OC(N)=O)cc1. The summed E-state index contributed by atoms with van der Waals surface area (Å²) in [6.07, 6.45) is -1.09. The van der Waals surface area contributed by atoms with Crippen molar-refractivity contribution >= 4 is 17.4 Å². The van der Waals surface area contributed by atoms with Gasteiger partial charge < -0.3 is 10.5 Å². The molecule has 0 unspecified atom stereocenters. The van der Waals surface area contributed by atoms with Crippen molar-refractivity contribution in [1.29, 1.82) is 0 Å². The van der Waals surface area contributed by atoms with E-state index in [-0.39, 0.29) is 6.10 Å². The molecule has 0 aliphatic rings. The van der Waals surface area contributed by atoms with Crippen molar-refractivity contribution in [2.24, 2.45) is 5.73 Å². The van der Waals surface area contributed by atoms with Crippen LogP contribution in [0, 0.1) is 6.92 Å². The minimum atomic E-state index is -0.759. The first kappa shape index (κ1) is 12.6. The lowest BCUT2D eigenvalue weighted by Gasteiger charge is -2.12. The molecule has 1 amide bonds. The van der Waals surface area contributed by atoms with Crippen molar-refractivity contribution in [2.45, 2.75) is 20.0 Å². The number of primary amides is 1. The number of hydrogen-bond acceptors (Lipinski definition) is 4. The molecule has 5 heteroatoms. The van der Waals surface area contributed by atoms with E-state index in [4.69, 9.17) is 10.5 Å². The van der Waals surface area contributed by atoms with Crippen molar-refractivity contribution in [3.05, 3.63) is 41.0 Å². The smallest absolute Gasteiger partial charge is 0.405 e. The summed E-state index contributed by atoms with van der Waals surface area (Å²) in [6.45, 7) is 3.77. The molecule has 94 valence electrons. The van der Waals surface area contributed by atoms with Crippen molar-refractivity contribution in [3.63, 3.8) is 0 Å². The van der Waals surface area contributed by atoms with Crippen LogP contribution in [0.25, 0.3) is 10.4 Å². The molecule has 0 saturated heterocycles. The maximum atomic E-state index is 10.7. The zero-order valence-electron chi connectivity index (χ0n) is 10.2. The van der Waals surface area contributed by atoms with E-state index >= 15 is 0 Å². The second kappa shape index (κ2) is 5.18. The average molecular weight is 262 g/mol. The highest BCUT2D eigenvalue weighted by atomic mass is 32.1. The van der Waals surface area contributed by atoms with Crippen LogP contribution in [0.2, 0.25) is 0 Å². The Morgan fingerprint density at radius 3 is 2.56 bits per heavy atom. The first-order chi connectivity index (χ1) is 8.58. The van der Waals surface area contributed by atoms with Gasteiger partial charge in [-0.25, -0.2) is 9.78 Å². The summed E-state index contributed by atoms with van der Waals surface area (Å²) < 4.78 is 4.92. The number of carbonyl (C=O) groups is 1. The molecule has 2 aromatic rings. The van der Waals surface area contributed by atoms with Crippen LogP contribution in [0.3, 0.4) is 0 Å². The molecule has 1 aromatic heterocycles. The quantitative estimate of drug-likeness (QED) is 0.923. The van der Waals surface area contributed by atoms with E-state index in [1.54, 1.807) is 18.3 Å². The topological polar surface area (TPSA) is 65.2 Å². The molecule has 0 radical (unpaired) electrons. The van der Waals surface area contributed by atoms with Gasteiger partial charge in [0.15, 0.2) is 0 Å². The summed E-state index contributed by atoms with van der Waals surface area (Å²) in [5, 5.41) is 0. The Labute approximate surface area is 109 Å². The third-order valence-corrected chi connectivity index (χ3v) is 3.66. The minimum Gasteiger partial charge on any atom is -0.442 e. The molecule has 0 aliphatic carbocycles. The first-order valence-corrected chi connectivity index (χ1v) is 6.42. The Kier molecular flexibility index (Phi) is 3.62. The van der Waals surface area contributed by atoms with Crippen molar-refractivity contribution < 1.29 is 9.53 Å². The third-order valence-electron chi connectivity index (χ3n) is 2.68. The number of aryl methyl sites for hydroxylation is 1. The van der Waals surface area contributed by atoms with Gasteiger partial charge in [0.25, 0.3) is 0 Å². The van der Waals surface area contributed by atoms with Gasteiger partial charge in [-0.15, -0.1) is 11.3 Å². The molecule has 0 saturated carbocycles.